The number of aromatic nitrogens is 2. The van der Waals surface area contributed by atoms with E-state index in [1.807, 2.05) is 31.8 Å². The third kappa shape index (κ3) is 3.09. The maximum atomic E-state index is 6.28. The van der Waals surface area contributed by atoms with E-state index in [4.69, 9.17) is 34.8 Å². The average Bonchev–Trinajstić information content (AvgIpc) is 2.79. The van der Waals surface area contributed by atoms with Gasteiger partial charge in [-0.05, 0) is 20.0 Å². The van der Waals surface area contributed by atoms with Gasteiger partial charge in [0.05, 0.1) is 25.1 Å². The fraction of sp³-hybridized carbons (Fsp3) is 0.417. The molecule has 2 aromatic heterocycles. The second-order valence-corrected chi connectivity index (χ2v) is 6.96. The molecule has 0 radical (unpaired) electrons. The number of hydrogen-bond donors (Lipinski definition) is 1. The molecule has 7 heteroatoms. The summed E-state index contributed by atoms with van der Waals surface area (Å²) in [7, 11) is 3.78. The lowest BCUT2D eigenvalue weighted by atomic mass is 10.1. The molecule has 19 heavy (non-hydrogen) atoms. The Morgan fingerprint density at radius 2 is 2.11 bits per heavy atom. The van der Waals surface area contributed by atoms with E-state index in [9.17, 15) is 0 Å². The summed E-state index contributed by atoms with van der Waals surface area (Å²) in [5, 5.41) is 8.28. The van der Waals surface area contributed by atoms with Crippen LogP contribution in [0.4, 0.5) is 0 Å². The second kappa shape index (κ2) is 6.02. The molecule has 1 atom stereocenters. The normalized spacial score (nSPS) is 12.9. The quantitative estimate of drug-likeness (QED) is 0.903. The Morgan fingerprint density at radius 3 is 2.53 bits per heavy atom. The van der Waals surface area contributed by atoms with Crippen LogP contribution in [-0.2, 0) is 13.5 Å². The third-order valence-electron chi connectivity index (χ3n) is 3.07. The molecule has 0 aliphatic carbocycles. The highest BCUT2D eigenvalue weighted by molar-refractivity contribution is 7.20. The van der Waals surface area contributed by atoms with E-state index in [2.05, 4.69) is 10.4 Å². The Kier molecular flexibility index (Phi) is 4.79. The standard InChI is InChI=1S/C12H14Cl3N3S/c1-6-11(14)9(18(3)17-6)5-8(16-2)7-4-10(13)19-12(7)15/h4,8,16H,5H2,1-3H3. The predicted octanol–water partition coefficient (Wildman–Crippen LogP) is 4.25. The summed E-state index contributed by atoms with van der Waals surface area (Å²) in [6, 6.07) is 1.95. The van der Waals surface area contributed by atoms with Gasteiger partial charge >= 0.3 is 0 Å². The smallest absolute Gasteiger partial charge is 0.0992 e. The minimum absolute atomic E-state index is 0.0588. The number of thiophene rings is 1. The van der Waals surface area contributed by atoms with Crippen molar-refractivity contribution in [3.8, 4) is 0 Å². The van der Waals surface area contributed by atoms with E-state index in [1.54, 1.807) is 0 Å². The van der Waals surface area contributed by atoms with Gasteiger partial charge in [0.1, 0.15) is 0 Å². The highest BCUT2D eigenvalue weighted by Crippen LogP contribution is 2.36. The summed E-state index contributed by atoms with van der Waals surface area (Å²) in [5.74, 6) is 0. The lowest BCUT2D eigenvalue weighted by molar-refractivity contribution is 0.563. The fourth-order valence-corrected chi connectivity index (χ4v) is 3.87. The van der Waals surface area contributed by atoms with Crippen molar-refractivity contribution in [1.82, 2.24) is 15.1 Å². The first-order valence-corrected chi connectivity index (χ1v) is 7.69. The van der Waals surface area contributed by atoms with Gasteiger partial charge in [-0.3, -0.25) is 4.68 Å². The Balaban J connectivity index is 2.31. The van der Waals surface area contributed by atoms with Gasteiger partial charge in [-0.2, -0.15) is 5.10 Å². The van der Waals surface area contributed by atoms with E-state index < -0.39 is 0 Å². The Labute approximate surface area is 131 Å². The summed E-state index contributed by atoms with van der Waals surface area (Å²) >= 11 is 19.9. The molecule has 0 saturated carbocycles. The van der Waals surface area contributed by atoms with E-state index in [-0.39, 0.29) is 6.04 Å². The first-order valence-electron chi connectivity index (χ1n) is 5.74. The van der Waals surface area contributed by atoms with E-state index in [1.165, 1.54) is 11.3 Å². The first kappa shape index (κ1) is 15.1. The molecule has 1 unspecified atom stereocenters. The van der Waals surface area contributed by atoms with E-state index in [0.29, 0.717) is 20.1 Å². The summed E-state index contributed by atoms with van der Waals surface area (Å²) in [4.78, 5) is 0. The molecule has 3 nitrogen and oxygen atoms in total. The topological polar surface area (TPSA) is 29.9 Å². The van der Waals surface area contributed by atoms with Crippen molar-refractivity contribution >= 4 is 46.1 Å². The minimum atomic E-state index is 0.0588. The third-order valence-corrected chi connectivity index (χ3v) is 5.08. The van der Waals surface area contributed by atoms with Crippen molar-refractivity contribution in [2.24, 2.45) is 7.05 Å². The van der Waals surface area contributed by atoms with Crippen molar-refractivity contribution in [1.29, 1.82) is 0 Å². The number of likely N-dealkylation sites (N-methyl/N-ethyl adjacent to an activating group) is 1. The van der Waals surface area contributed by atoms with Crippen LogP contribution in [0.15, 0.2) is 6.07 Å². The van der Waals surface area contributed by atoms with Gasteiger partial charge in [-0.25, -0.2) is 0 Å². The first-order chi connectivity index (χ1) is 8.93. The SMILES string of the molecule is CNC(Cc1c(Cl)c(C)nn1C)c1cc(Cl)sc1Cl. The second-order valence-electron chi connectivity index (χ2n) is 4.29. The maximum Gasteiger partial charge on any atom is 0.0992 e. The van der Waals surface area contributed by atoms with Crippen LogP contribution in [0.5, 0.6) is 0 Å². The Hall–Kier alpha value is -0.260. The molecule has 2 heterocycles. The van der Waals surface area contributed by atoms with Gasteiger partial charge in [0.15, 0.2) is 0 Å². The molecule has 2 aromatic rings. The van der Waals surface area contributed by atoms with Crippen LogP contribution in [-0.4, -0.2) is 16.8 Å². The van der Waals surface area contributed by atoms with Gasteiger partial charge in [-0.15, -0.1) is 11.3 Å². The van der Waals surface area contributed by atoms with Crippen molar-refractivity contribution in [3.05, 3.63) is 36.7 Å². The number of rotatable bonds is 4. The number of halogens is 3. The Morgan fingerprint density at radius 1 is 1.42 bits per heavy atom. The van der Waals surface area contributed by atoms with Crippen LogP contribution in [0, 0.1) is 6.92 Å². The summed E-state index contributed by atoms with van der Waals surface area (Å²) < 4.78 is 3.20. The number of aryl methyl sites for hydroxylation is 2. The van der Waals surface area contributed by atoms with Crippen LogP contribution < -0.4 is 5.32 Å². The molecule has 0 aliphatic heterocycles. The van der Waals surface area contributed by atoms with Gasteiger partial charge < -0.3 is 5.32 Å². The molecule has 0 amide bonds. The average molecular weight is 339 g/mol. The predicted molar refractivity (Wildman–Crippen MR) is 82.8 cm³/mol. The maximum absolute atomic E-state index is 6.28. The molecule has 0 bridgehead atoms. The molecule has 0 saturated heterocycles. The van der Waals surface area contributed by atoms with Crippen molar-refractivity contribution < 1.29 is 0 Å². The van der Waals surface area contributed by atoms with Crippen LogP contribution >= 0.6 is 46.1 Å². The van der Waals surface area contributed by atoms with Crippen LogP contribution in [0.3, 0.4) is 0 Å². The molecule has 0 aromatic carbocycles. The fourth-order valence-electron chi connectivity index (χ4n) is 2.05. The largest absolute Gasteiger partial charge is 0.313 e. The van der Waals surface area contributed by atoms with E-state index >= 15 is 0 Å². The number of hydrogen-bond acceptors (Lipinski definition) is 3. The van der Waals surface area contributed by atoms with Crippen molar-refractivity contribution in [3.63, 3.8) is 0 Å². The molecule has 1 N–H and O–H groups in total. The van der Waals surface area contributed by atoms with Gasteiger partial charge in [0.2, 0.25) is 0 Å². The zero-order valence-corrected chi connectivity index (χ0v) is 13.9. The molecule has 2 rings (SSSR count). The van der Waals surface area contributed by atoms with Gasteiger partial charge in [0.25, 0.3) is 0 Å². The summed E-state index contributed by atoms with van der Waals surface area (Å²) in [6.45, 7) is 1.90. The van der Waals surface area contributed by atoms with E-state index in [0.717, 1.165) is 17.0 Å². The molecule has 0 fully saturated rings. The monoisotopic (exact) mass is 337 g/mol. The van der Waals surface area contributed by atoms with Crippen molar-refractivity contribution in [2.75, 3.05) is 7.05 Å². The number of nitrogens with one attached hydrogen (secondary N) is 1. The Bertz CT molecular complexity index is 591. The van der Waals surface area contributed by atoms with Crippen LogP contribution in [0.25, 0.3) is 0 Å². The van der Waals surface area contributed by atoms with Crippen LogP contribution in [0.2, 0.25) is 13.7 Å². The molecule has 0 aliphatic rings. The van der Waals surface area contributed by atoms with Gasteiger partial charge in [-0.1, -0.05) is 34.8 Å². The highest BCUT2D eigenvalue weighted by Gasteiger charge is 2.20. The molecular formula is C12H14Cl3N3S. The molecular weight excluding hydrogens is 325 g/mol. The lowest BCUT2D eigenvalue weighted by Crippen LogP contribution is -2.20. The molecule has 104 valence electrons. The highest BCUT2D eigenvalue weighted by atomic mass is 35.5. The van der Waals surface area contributed by atoms with Crippen LogP contribution in [0.1, 0.15) is 23.0 Å². The zero-order chi connectivity index (χ0) is 14.2. The van der Waals surface area contributed by atoms with Crippen molar-refractivity contribution in [2.45, 2.75) is 19.4 Å². The summed E-state index contributed by atoms with van der Waals surface area (Å²) in [5.41, 5.74) is 2.81. The summed E-state index contributed by atoms with van der Waals surface area (Å²) in [6.07, 6.45) is 0.708. The molecule has 0 spiro atoms. The number of nitrogens with zero attached hydrogens (tertiary/aromatic N) is 2. The zero-order valence-electron chi connectivity index (χ0n) is 10.8. The minimum Gasteiger partial charge on any atom is -0.313 e. The van der Waals surface area contributed by atoms with Gasteiger partial charge in [0, 0.05) is 25.1 Å². The lowest BCUT2D eigenvalue weighted by Gasteiger charge is -2.16.